The number of aliphatic hydroxyl groups is 3. The fourth-order valence-electron chi connectivity index (χ4n) is 8.73. The predicted molar refractivity (Wildman–Crippen MR) is 267 cm³/mol. The van der Waals surface area contributed by atoms with Gasteiger partial charge in [0.1, 0.15) is 30.5 Å². The molecule has 12 nitrogen and oxygen atoms in total. The first-order chi connectivity index (χ1) is 32.1. The van der Waals surface area contributed by atoms with Gasteiger partial charge < -0.3 is 34.3 Å². The Morgan fingerprint density at radius 1 is 0.561 bits per heavy atom. The standard InChI is InChI=1S/C53H102O12S/c1-3-5-7-9-11-13-15-17-19-20-21-22-23-24-25-26-27-28-29-30-32-34-36-38-40-42-49(55)63-47(45-61-43-41-39-37-35-33-31-18-16-14-12-10-8-6-4-2)46-62-53-51(57)52(65-66(58,59)60)50(56)48(44-54)64-53/h20-21,47-48,50-54,56-57H,3-19,22-46H2,1-2H3,(H,58,59,60)/b21-20-. The highest BCUT2D eigenvalue weighted by molar-refractivity contribution is 7.80. The molecular formula is C53H102O12S. The van der Waals surface area contributed by atoms with Crippen LogP contribution in [0, 0.1) is 0 Å². The van der Waals surface area contributed by atoms with E-state index in [2.05, 4.69) is 30.2 Å². The summed E-state index contributed by atoms with van der Waals surface area (Å²) in [4.78, 5) is 12.9. The number of hydrogen-bond acceptors (Lipinski definition) is 11. The number of carbonyl (C=O) groups is 1. The van der Waals surface area contributed by atoms with E-state index >= 15 is 0 Å². The van der Waals surface area contributed by atoms with Gasteiger partial charge in [0.25, 0.3) is 0 Å². The third-order valence-corrected chi connectivity index (χ3v) is 13.4. The fourth-order valence-corrected chi connectivity index (χ4v) is 9.24. The van der Waals surface area contributed by atoms with Crippen molar-refractivity contribution >= 4 is 16.4 Å². The minimum atomic E-state index is -5.06. The third kappa shape index (κ3) is 37.7. The van der Waals surface area contributed by atoms with Gasteiger partial charge in [0.2, 0.25) is 0 Å². The summed E-state index contributed by atoms with van der Waals surface area (Å²) in [5, 5.41) is 30.8. The van der Waals surface area contributed by atoms with Gasteiger partial charge in [-0.05, 0) is 38.5 Å². The molecule has 0 spiro atoms. The van der Waals surface area contributed by atoms with Gasteiger partial charge in [0.05, 0.1) is 19.8 Å². The highest BCUT2D eigenvalue weighted by Crippen LogP contribution is 2.26. The molecule has 1 heterocycles. The zero-order valence-corrected chi connectivity index (χ0v) is 43.1. The summed E-state index contributed by atoms with van der Waals surface area (Å²) in [5.74, 6) is -0.393. The maximum atomic E-state index is 12.9. The second-order valence-electron chi connectivity index (χ2n) is 19.2. The number of ether oxygens (including phenoxy) is 4. The van der Waals surface area contributed by atoms with Crippen molar-refractivity contribution in [2.75, 3.05) is 26.4 Å². The Bertz CT molecular complexity index is 1200. The fraction of sp³-hybridized carbons (Fsp3) is 0.943. The molecule has 66 heavy (non-hydrogen) atoms. The Hall–Kier alpha value is -1.16. The van der Waals surface area contributed by atoms with Crippen LogP contribution in [0.3, 0.4) is 0 Å². The maximum absolute atomic E-state index is 12.9. The van der Waals surface area contributed by atoms with Crippen molar-refractivity contribution in [1.82, 2.24) is 0 Å². The van der Waals surface area contributed by atoms with E-state index in [1.165, 1.54) is 193 Å². The van der Waals surface area contributed by atoms with Crippen LogP contribution < -0.4 is 0 Å². The average molecular weight is 963 g/mol. The number of unbranched alkanes of at least 4 members (excludes halogenated alkanes) is 34. The average Bonchev–Trinajstić information content (AvgIpc) is 3.29. The summed E-state index contributed by atoms with van der Waals surface area (Å²) >= 11 is 0. The van der Waals surface area contributed by atoms with E-state index in [4.69, 9.17) is 18.9 Å². The topological polar surface area (TPSA) is 178 Å². The number of carbonyl (C=O) groups excluding carboxylic acids is 1. The molecule has 1 rings (SSSR count). The lowest BCUT2D eigenvalue weighted by Gasteiger charge is -2.41. The summed E-state index contributed by atoms with van der Waals surface area (Å²) in [6, 6.07) is 0. The molecule has 6 unspecified atom stereocenters. The molecule has 1 fully saturated rings. The van der Waals surface area contributed by atoms with Gasteiger partial charge in [-0.2, -0.15) is 8.42 Å². The van der Waals surface area contributed by atoms with E-state index in [0.29, 0.717) is 13.0 Å². The molecular weight excluding hydrogens is 861 g/mol. The van der Waals surface area contributed by atoms with Crippen LogP contribution in [0.5, 0.6) is 0 Å². The molecule has 0 aromatic heterocycles. The van der Waals surface area contributed by atoms with Gasteiger partial charge in [-0.25, -0.2) is 4.18 Å². The van der Waals surface area contributed by atoms with Crippen molar-refractivity contribution in [2.24, 2.45) is 0 Å². The molecule has 1 aliphatic heterocycles. The lowest BCUT2D eigenvalue weighted by Crippen LogP contribution is -2.60. The largest absolute Gasteiger partial charge is 0.457 e. The van der Waals surface area contributed by atoms with Crippen LogP contribution in [0.25, 0.3) is 0 Å². The normalized spacial score (nSPS) is 19.5. The Kier molecular flexibility index (Phi) is 42.9. The van der Waals surface area contributed by atoms with Gasteiger partial charge in [-0.1, -0.05) is 225 Å². The number of allylic oxidation sites excluding steroid dienone is 2. The molecule has 0 amide bonds. The van der Waals surface area contributed by atoms with Crippen LogP contribution in [0.1, 0.15) is 258 Å². The minimum absolute atomic E-state index is 0.0427. The van der Waals surface area contributed by atoms with Crippen molar-refractivity contribution in [3.05, 3.63) is 12.2 Å². The summed E-state index contributed by atoms with van der Waals surface area (Å²) in [6.45, 7) is 4.05. The molecule has 0 aromatic carbocycles. The Balaban J connectivity index is 2.27. The van der Waals surface area contributed by atoms with Crippen LogP contribution in [-0.2, 0) is 38.3 Å². The summed E-state index contributed by atoms with van der Waals surface area (Å²) in [6.07, 6.45) is 42.5. The summed E-state index contributed by atoms with van der Waals surface area (Å²) in [7, 11) is -5.06. The van der Waals surface area contributed by atoms with E-state index in [1.54, 1.807) is 0 Å². The minimum Gasteiger partial charge on any atom is -0.457 e. The Morgan fingerprint density at radius 3 is 1.36 bits per heavy atom. The Labute approximate surface area is 404 Å². The van der Waals surface area contributed by atoms with Crippen molar-refractivity contribution in [3.63, 3.8) is 0 Å². The number of aliphatic hydroxyl groups excluding tert-OH is 3. The lowest BCUT2D eigenvalue weighted by atomic mass is 9.99. The Morgan fingerprint density at radius 2 is 0.955 bits per heavy atom. The van der Waals surface area contributed by atoms with Gasteiger partial charge in [-0.3, -0.25) is 9.35 Å². The van der Waals surface area contributed by atoms with Gasteiger partial charge >= 0.3 is 16.4 Å². The second kappa shape index (κ2) is 45.0. The van der Waals surface area contributed by atoms with E-state index in [1.807, 2.05) is 0 Å². The molecule has 392 valence electrons. The van der Waals surface area contributed by atoms with Crippen LogP contribution in [0.2, 0.25) is 0 Å². The number of rotatable bonds is 49. The van der Waals surface area contributed by atoms with Crippen LogP contribution >= 0.6 is 0 Å². The van der Waals surface area contributed by atoms with E-state index in [0.717, 1.165) is 38.5 Å². The first-order valence-corrected chi connectivity index (χ1v) is 28.8. The summed E-state index contributed by atoms with van der Waals surface area (Å²) < 4.78 is 59.3. The molecule has 1 aliphatic rings. The van der Waals surface area contributed by atoms with Gasteiger partial charge in [0, 0.05) is 13.0 Å². The molecule has 4 N–H and O–H groups in total. The molecule has 0 bridgehead atoms. The zero-order chi connectivity index (χ0) is 48.2. The molecule has 0 aromatic rings. The van der Waals surface area contributed by atoms with Gasteiger partial charge in [-0.15, -0.1) is 0 Å². The quantitative estimate of drug-likeness (QED) is 0.0197. The van der Waals surface area contributed by atoms with Crippen LogP contribution in [0.4, 0.5) is 0 Å². The predicted octanol–water partition coefficient (Wildman–Crippen LogP) is 13.0. The second-order valence-corrected chi connectivity index (χ2v) is 20.2. The van der Waals surface area contributed by atoms with Crippen LogP contribution in [0.15, 0.2) is 12.2 Å². The highest BCUT2D eigenvalue weighted by Gasteiger charge is 2.48. The molecule has 13 heteroatoms. The number of esters is 1. The maximum Gasteiger partial charge on any atom is 0.397 e. The first kappa shape index (κ1) is 62.9. The SMILES string of the molecule is CCCCCCCCCC/C=C\CCCCCCCCCCCCCCCC(=O)OC(COCCCCCCCCCCCCCCCC)COC1OC(CO)C(O)C(OS(=O)(=O)O)C1O. The molecule has 0 radical (unpaired) electrons. The number of hydrogen-bond donors (Lipinski definition) is 4. The third-order valence-electron chi connectivity index (χ3n) is 12.9. The van der Waals surface area contributed by atoms with E-state index in [-0.39, 0.29) is 19.6 Å². The van der Waals surface area contributed by atoms with Crippen molar-refractivity contribution in [2.45, 2.75) is 295 Å². The molecule has 0 saturated carbocycles. The van der Waals surface area contributed by atoms with Crippen LogP contribution in [-0.4, -0.2) is 97.5 Å². The first-order valence-electron chi connectivity index (χ1n) is 27.4. The monoisotopic (exact) mass is 963 g/mol. The van der Waals surface area contributed by atoms with Crippen molar-refractivity contribution in [1.29, 1.82) is 0 Å². The highest BCUT2D eigenvalue weighted by atomic mass is 32.3. The van der Waals surface area contributed by atoms with Crippen molar-refractivity contribution in [3.8, 4) is 0 Å². The lowest BCUT2D eigenvalue weighted by molar-refractivity contribution is -0.301. The van der Waals surface area contributed by atoms with E-state index < -0.39 is 59.8 Å². The van der Waals surface area contributed by atoms with Gasteiger partial charge in [0.15, 0.2) is 6.29 Å². The van der Waals surface area contributed by atoms with Crippen molar-refractivity contribution < 1.29 is 56.2 Å². The molecule has 0 aliphatic carbocycles. The molecule has 1 saturated heterocycles. The summed E-state index contributed by atoms with van der Waals surface area (Å²) in [5.41, 5.74) is 0. The molecule has 6 atom stereocenters. The van der Waals surface area contributed by atoms with E-state index in [9.17, 15) is 33.1 Å². The zero-order valence-electron chi connectivity index (χ0n) is 42.3. The smallest absolute Gasteiger partial charge is 0.397 e.